The number of carbonyl (C=O) groups is 1. The lowest BCUT2D eigenvalue weighted by Gasteiger charge is -2.40. The molecule has 0 aliphatic carbocycles. The van der Waals surface area contributed by atoms with E-state index in [0.717, 1.165) is 18.2 Å². The highest BCUT2D eigenvalue weighted by molar-refractivity contribution is 7.92. The summed E-state index contributed by atoms with van der Waals surface area (Å²) in [4.78, 5) is 17.1. The van der Waals surface area contributed by atoms with Gasteiger partial charge < -0.3 is 9.64 Å². The molecule has 1 aliphatic rings. The number of alkyl halides is 3. The van der Waals surface area contributed by atoms with Gasteiger partial charge in [-0.05, 0) is 65.5 Å². The van der Waals surface area contributed by atoms with Gasteiger partial charge >= 0.3 is 12.3 Å². The fourth-order valence-corrected chi connectivity index (χ4v) is 4.98. The SMILES string of the molecule is CC(C)(C)OC(=O)N1CCC(C(C)(C)S(=O)(=O)c2cccc(C(F)(F)F)n2)CC1. The summed E-state index contributed by atoms with van der Waals surface area (Å²) in [7, 11) is -4.13. The van der Waals surface area contributed by atoms with E-state index < -0.39 is 43.2 Å². The fourth-order valence-electron chi connectivity index (χ4n) is 3.30. The van der Waals surface area contributed by atoms with Crippen molar-refractivity contribution in [3.05, 3.63) is 23.9 Å². The van der Waals surface area contributed by atoms with E-state index in [4.69, 9.17) is 4.74 Å². The Morgan fingerprint density at radius 3 is 2.14 bits per heavy atom. The van der Waals surface area contributed by atoms with Crippen LogP contribution < -0.4 is 0 Å². The summed E-state index contributed by atoms with van der Waals surface area (Å²) >= 11 is 0. The van der Waals surface area contributed by atoms with Crippen LogP contribution in [0.4, 0.5) is 18.0 Å². The summed E-state index contributed by atoms with van der Waals surface area (Å²) in [6.45, 7) is 8.90. The van der Waals surface area contributed by atoms with E-state index in [9.17, 15) is 26.4 Å². The van der Waals surface area contributed by atoms with Crippen LogP contribution in [0.5, 0.6) is 0 Å². The molecule has 164 valence electrons. The van der Waals surface area contributed by atoms with Crippen molar-refractivity contribution in [3.63, 3.8) is 0 Å². The number of likely N-dealkylation sites (tertiary alicyclic amines) is 1. The standard InChI is InChI=1S/C19H27F3N2O4S/c1-17(2,3)28-16(25)24-11-9-13(10-12-24)18(4,5)29(26,27)15-8-6-7-14(23-15)19(20,21)22/h6-8,13H,9-12H2,1-5H3. The number of hydrogen-bond acceptors (Lipinski definition) is 5. The molecule has 2 rings (SSSR count). The first-order valence-corrected chi connectivity index (χ1v) is 10.8. The van der Waals surface area contributed by atoms with Crippen molar-refractivity contribution >= 4 is 15.9 Å². The molecule has 1 aromatic rings. The van der Waals surface area contributed by atoms with Gasteiger partial charge in [-0.15, -0.1) is 0 Å². The zero-order chi connectivity index (χ0) is 22.3. The highest BCUT2D eigenvalue weighted by atomic mass is 32.2. The number of piperidine rings is 1. The number of amides is 1. The van der Waals surface area contributed by atoms with Crippen molar-refractivity contribution in [1.82, 2.24) is 9.88 Å². The molecule has 29 heavy (non-hydrogen) atoms. The zero-order valence-corrected chi connectivity index (χ0v) is 18.0. The molecule has 0 spiro atoms. The predicted octanol–water partition coefficient (Wildman–Crippen LogP) is 4.30. The van der Waals surface area contributed by atoms with E-state index >= 15 is 0 Å². The number of nitrogens with zero attached hydrogens (tertiary/aromatic N) is 2. The van der Waals surface area contributed by atoms with E-state index in [1.165, 1.54) is 18.7 Å². The Bertz CT molecular complexity index is 853. The largest absolute Gasteiger partial charge is 0.444 e. The number of aromatic nitrogens is 1. The van der Waals surface area contributed by atoms with Crippen molar-refractivity contribution in [1.29, 1.82) is 0 Å². The Morgan fingerprint density at radius 1 is 1.10 bits per heavy atom. The minimum Gasteiger partial charge on any atom is -0.444 e. The lowest BCUT2D eigenvalue weighted by atomic mass is 9.86. The second kappa shape index (κ2) is 7.77. The van der Waals surface area contributed by atoms with Gasteiger partial charge in [0.25, 0.3) is 0 Å². The Hall–Kier alpha value is -1.84. The number of pyridine rings is 1. The van der Waals surface area contributed by atoms with Gasteiger partial charge in [-0.2, -0.15) is 13.2 Å². The first kappa shape index (κ1) is 23.4. The molecule has 10 heteroatoms. The minimum absolute atomic E-state index is 0.314. The number of carbonyl (C=O) groups excluding carboxylic acids is 1. The average molecular weight is 436 g/mol. The van der Waals surface area contributed by atoms with E-state index in [1.807, 2.05) is 0 Å². The molecule has 0 aromatic carbocycles. The lowest BCUT2D eigenvalue weighted by molar-refractivity contribution is -0.141. The minimum atomic E-state index is -4.73. The summed E-state index contributed by atoms with van der Waals surface area (Å²) in [6.07, 6.45) is -4.40. The monoisotopic (exact) mass is 436 g/mol. The number of halogens is 3. The van der Waals surface area contributed by atoms with Crippen LogP contribution in [-0.2, 0) is 20.8 Å². The Morgan fingerprint density at radius 2 is 1.66 bits per heavy atom. The van der Waals surface area contributed by atoms with Gasteiger partial charge in [0.1, 0.15) is 11.3 Å². The van der Waals surface area contributed by atoms with Gasteiger partial charge in [0.15, 0.2) is 5.03 Å². The summed E-state index contributed by atoms with van der Waals surface area (Å²) in [5, 5.41) is -0.591. The van der Waals surface area contributed by atoms with Crippen LogP contribution in [0.15, 0.2) is 23.2 Å². The zero-order valence-electron chi connectivity index (χ0n) is 17.2. The maximum Gasteiger partial charge on any atom is 0.433 e. The highest BCUT2D eigenvalue weighted by Gasteiger charge is 2.46. The third-order valence-electron chi connectivity index (χ3n) is 5.11. The summed E-state index contributed by atoms with van der Waals surface area (Å²) in [5.41, 5.74) is -1.87. The van der Waals surface area contributed by atoms with Gasteiger partial charge in [0.2, 0.25) is 9.84 Å². The highest BCUT2D eigenvalue weighted by Crippen LogP contribution is 2.38. The molecule has 6 nitrogen and oxygen atoms in total. The third-order valence-corrected chi connectivity index (χ3v) is 7.61. The van der Waals surface area contributed by atoms with Gasteiger partial charge in [0.05, 0.1) is 4.75 Å². The molecule has 0 unspecified atom stereocenters. The number of rotatable bonds is 3. The van der Waals surface area contributed by atoms with E-state index in [2.05, 4.69) is 4.98 Å². The maximum atomic E-state index is 13.1. The molecule has 1 amide bonds. The van der Waals surface area contributed by atoms with E-state index in [-0.39, 0.29) is 5.92 Å². The van der Waals surface area contributed by atoms with Gasteiger partial charge in [-0.3, -0.25) is 0 Å². The van der Waals surface area contributed by atoms with Crippen molar-refractivity contribution < 1.29 is 31.1 Å². The molecule has 0 atom stereocenters. The van der Waals surface area contributed by atoms with Crippen LogP contribution in [-0.4, -0.2) is 47.8 Å². The molecule has 1 saturated heterocycles. The second-order valence-corrected chi connectivity index (χ2v) is 11.2. The molecule has 1 aliphatic heterocycles. The molecule has 2 heterocycles. The van der Waals surface area contributed by atoms with Crippen molar-refractivity contribution in [2.75, 3.05) is 13.1 Å². The maximum absolute atomic E-state index is 13.1. The summed E-state index contributed by atoms with van der Waals surface area (Å²) in [5.74, 6) is -0.345. The number of ether oxygens (including phenoxy) is 1. The Kier molecular flexibility index (Phi) is 6.28. The quantitative estimate of drug-likeness (QED) is 0.706. The van der Waals surface area contributed by atoms with E-state index in [1.54, 1.807) is 20.8 Å². The van der Waals surface area contributed by atoms with Crippen LogP contribution >= 0.6 is 0 Å². The normalized spacial score (nSPS) is 17.3. The topological polar surface area (TPSA) is 76.6 Å². The van der Waals surface area contributed by atoms with E-state index in [0.29, 0.717) is 25.9 Å². The summed E-state index contributed by atoms with van der Waals surface area (Å²) < 4.78 is 69.0. The van der Waals surface area contributed by atoms with Gasteiger partial charge in [0, 0.05) is 13.1 Å². The third kappa shape index (κ3) is 5.21. The molecular weight excluding hydrogens is 409 g/mol. The Labute approximate surface area is 169 Å². The predicted molar refractivity (Wildman–Crippen MR) is 101 cm³/mol. The van der Waals surface area contributed by atoms with Crippen molar-refractivity contribution in [3.8, 4) is 0 Å². The van der Waals surface area contributed by atoms with Crippen molar-refractivity contribution in [2.45, 2.75) is 69.0 Å². The number of sulfone groups is 1. The fraction of sp³-hybridized carbons (Fsp3) is 0.684. The molecule has 0 radical (unpaired) electrons. The van der Waals surface area contributed by atoms with Crippen LogP contribution in [0.3, 0.4) is 0 Å². The van der Waals surface area contributed by atoms with Crippen LogP contribution in [0.2, 0.25) is 0 Å². The molecule has 1 fully saturated rings. The first-order valence-electron chi connectivity index (χ1n) is 9.32. The molecule has 0 saturated carbocycles. The first-order chi connectivity index (χ1) is 13.1. The molecule has 0 N–H and O–H groups in total. The van der Waals surface area contributed by atoms with Crippen LogP contribution in [0.1, 0.15) is 53.2 Å². The van der Waals surface area contributed by atoms with Crippen LogP contribution in [0, 0.1) is 5.92 Å². The second-order valence-electron chi connectivity index (χ2n) is 8.71. The Balaban J connectivity index is 2.18. The van der Waals surface area contributed by atoms with Crippen molar-refractivity contribution in [2.24, 2.45) is 5.92 Å². The number of hydrogen-bond donors (Lipinski definition) is 0. The molecular formula is C19H27F3N2O4S. The average Bonchev–Trinajstić information content (AvgIpc) is 2.59. The van der Waals surface area contributed by atoms with Crippen LogP contribution in [0.25, 0.3) is 0 Å². The lowest BCUT2D eigenvalue weighted by Crippen LogP contribution is -2.48. The molecule has 1 aromatic heterocycles. The van der Waals surface area contributed by atoms with Gasteiger partial charge in [-0.25, -0.2) is 18.2 Å². The summed E-state index contributed by atoms with van der Waals surface area (Å²) in [6, 6.07) is 2.87. The molecule has 0 bridgehead atoms. The van der Waals surface area contributed by atoms with Gasteiger partial charge in [-0.1, -0.05) is 6.07 Å². The smallest absolute Gasteiger partial charge is 0.433 e.